The molecule has 0 spiro atoms. The highest BCUT2D eigenvalue weighted by molar-refractivity contribution is 7.99. The van der Waals surface area contributed by atoms with Crippen LogP contribution < -0.4 is 0 Å². The molecule has 0 radical (unpaired) electrons. The minimum absolute atomic E-state index is 0.0150. The van der Waals surface area contributed by atoms with Crippen molar-refractivity contribution in [2.24, 2.45) is 0 Å². The van der Waals surface area contributed by atoms with Crippen LogP contribution in [0.3, 0.4) is 0 Å². The van der Waals surface area contributed by atoms with E-state index in [0.717, 1.165) is 17.7 Å². The van der Waals surface area contributed by atoms with Gasteiger partial charge in [0.2, 0.25) is 11.1 Å². The smallest absolute Gasteiger partial charge is 0.233 e. The van der Waals surface area contributed by atoms with Crippen molar-refractivity contribution >= 4 is 27.5 Å². The van der Waals surface area contributed by atoms with Gasteiger partial charge in [-0.2, -0.15) is 4.68 Å². The van der Waals surface area contributed by atoms with Crippen molar-refractivity contribution in [3.63, 3.8) is 0 Å². The fourth-order valence-electron chi connectivity index (χ4n) is 3.42. The zero-order valence-electron chi connectivity index (χ0n) is 16.3. The number of benzene rings is 1. The number of hydrogen-bond donors (Lipinski definition) is 0. The maximum atomic E-state index is 13.0. The van der Waals surface area contributed by atoms with E-state index in [1.165, 1.54) is 11.8 Å². The lowest BCUT2D eigenvalue weighted by Crippen LogP contribution is -2.47. The molecule has 3 rings (SSSR count). The summed E-state index contributed by atoms with van der Waals surface area (Å²) < 4.78 is 25.4. The summed E-state index contributed by atoms with van der Waals surface area (Å²) >= 11 is 1.27. The molecule has 10 heteroatoms. The number of aromatic nitrogens is 4. The van der Waals surface area contributed by atoms with Crippen molar-refractivity contribution in [1.29, 1.82) is 0 Å². The van der Waals surface area contributed by atoms with E-state index in [-0.39, 0.29) is 35.2 Å². The second kappa shape index (κ2) is 8.60. The van der Waals surface area contributed by atoms with Gasteiger partial charge in [-0.3, -0.25) is 4.79 Å². The summed E-state index contributed by atoms with van der Waals surface area (Å²) in [4.78, 5) is 14.7. The first-order valence-corrected chi connectivity index (χ1v) is 12.1. The molecule has 2 atom stereocenters. The highest BCUT2D eigenvalue weighted by Crippen LogP contribution is 2.25. The Morgan fingerprint density at radius 2 is 2.14 bits per heavy atom. The second-order valence-electron chi connectivity index (χ2n) is 7.06. The largest absolute Gasteiger partial charge is 0.335 e. The molecule has 1 saturated heterocycles. The van der Waals surface area contributed by atoms with Gasteiger partial charge in [0, 0.05) is 12.1 Å². The number of hydrogen-bond acceptors (Lipinski definition) is 7. The molecule has 1 amide bonds. The summed E-state index contributed by atoms with van der Waals surface area (Å²) in [5, 5.41) is 12.4. The fourth-order valence-corrected chi connectivity index (χ4v) is 5.89. The Hall–Kier alpha value is -1.94. The average molecular weight is 424 g/mol. The highest BCUT2D eigenvalue weighted by atomic mass is 32.2. The molecule has 1 aliphatic heterocycles. The van der Waals surface area contributed by atoms with E-state index in [1.54, 1.807) is 9.58 Å². The van der Waals surface area contributed by atoms with Gasteiger partial charge in [0.25, 0.3) is 0 Å². The summed E-state index contributed by atoms with van der Waals surface area (Å²) in [6.07, 6.45) is 1.28. The third kappa shape index (κ3) is 4.54. The summed E-state index contributed by atoms with van der Waals surface area (Å²) in [6.45, 7) is 5.94. The Kier molecular flexibility index (Phi) is 6.39. The van der Waals surface area contributed by atoms with Crippen LogP contribution in [0, 0.1) is 6.92 Å². The lowest BCUT2D eigenvalue weighted by Gasteiger charge is -2.33. The molecule has 1 aromatic carbocycles. The molecule has 1 aliphatic rings. The van der Waals surface area contributed by atoms with Crippen molar-refractivity contribution < 1.29 is 13.2 Å². The van der Waals surface area contributed by atoms with Crippen molar-refractivity contribution in [3.05, 3.63) is 29.8 Å². The normalized spacial score (nSPS) is 19.5. The van der Waals surface area contributed by atoms with E-state index in [2.05, 4.69) is 15.5 Å². The number of carbonyl (C=O) groups is 1. The number of amides is 1. The van der Waals surface area contributed by atoms with Gasteiger partial charge in [0.15, 0.2) is 9.84 Å². The Morgan fingerprint density at radius 3 is 2.79 bits per heavy atom. The van der Waals surface area contributed by atoms with E-state index in [9.17, 15) is 13.2 Å². The second-order valence-corrected chi connectivity index (χ2v) is 10.2. The monoisotopic (exact) mass is 423 g/mol. The van der Waals surface area contributed by atoms with E-state index in [1.807, 2.05) is 45.0 Å². The molecule has 152 valence electrons. The van der Waals surface area contributed by atoms with Crippen molar-refractivity contribution in [2.75, 3.05) is 17.3 Å². The predicted molar refractivity (Wildman–Crippen MR) is 108 cm³/mol. The van der Waals surface area contributed by atoms with Crippen LogP contribution in [0.15, 0.2) is 29.4 Å². The standard InChI is InChI=1S/C18H25N5O3S2/c1-4-14(3)22(15-9-10-28(25,26)12-15)17(24)11-27-18-19-20-21-23(18)16-8-6-5-7-13(16)2/h5-8,14-15H,4,9-12H2,1-3H3/t14-,15-/m0/s1. The topological polar surface area (TPSA) is 98.1 Å². The van der Waals surface area contributed by atoms with Gasteiger partial charge in [-0.05, 0) is 48.7 Å². The highest BCUT2D eigenvalue weighted by Gasteiger charge is 2.36. The third-order valence-electron chi connectivity index (χ3n) is 5.06. The Balaban J connectivity index is 1.74. The lowest BCUT2D eigenvalue weighted by molar-refractivity contribution is -0.132. The van der Waals surface area contributed by atoms with Crippen LogP contribution >= 0.6 is 11.8 Å². The first kappa shape index (κ1) is 20.8. The molecule has 0 saturated carbocycles. The first-order valence-electron chi connectivity index (χ1n) is 9.31. The molecular formula is C18H25N5O3S2. The SMILES string of the molecule is CC[C@H](C)N(C(=O)CSc1nnnn1-c1ccccc1C)[C@H]1CCS(=O)(=O)C1. The summed E-state index contributed by atoms with van der Waals surface area (Å²) in [5.41, 5.74) is 1.89. The van der Waals surface area contributed by atoms with Crippen LogP contribution in [0.1, 0.15) is 32.3 Å². The minimum Gasteiger partial charge on any atom is -0.335 e. The van der Waals surface area contributed by atoms with E-state index in [0.29, 0.717) is 11.6 Å². The number of rotatable bonds is 7. The van der Waals surface area contributed by atoms with Gasteiger partial charge in [0.1, 0.15) is 0 Å². The fraction of sp³-hybridized carbons (Fsp3) is 0.556. The summed E-state index contributed by atoms with van der Waals surface area (Å²) in [6, 6.07) is 7.49. The average Bonchev–Trinajstić information content (AvgIpc) is 3.26. The molecule has 8 nitrogen and oxygen atoms in total. The number of thioether (sulfide) groups is 1. The molecule has 1 aromatic heterocycles. The number of nitrogens with zero attached hydrogens (tertiary/aromatic N) is 5. The number of carbonyl (C=O) groups excluding carboxylic acids is 1. The number of aryl methyl sites for hydroxylation is 1. The van der Waals surface area contributed by atoms with Crippen LogP contribution in [-0.4, -0.2) is 68.8 Å². The van der Waals surface area contributed by atoms with Crippen molar-refractivity contribution in [3.8, 4) is 5.69 Å². The van der Waals surface area contributed by atoms with Gasteiger partial charge in [-0.15, -0.1) is 5.10 Å². The Bertz CT molecular complexity index is 944. The van der Waals surface area contributed by atoms with E-state index < -0.39 is 9.84 Å². The third-order valence-corrected chi connectivity index (χ3v) is 7.72. The lowest BCUT2D eigenvalue weighted by atomic mass is 10.1. The van der Waals surface area contributed by atoms with Gasteiger partial charge in [-0.1, -0.05) is 36.9 Å². The number of para-hydroxylation sites is 1. The predicted octanol–water partition coefficient (Wildman–Crippen LogP) is 1.88. The zero-order chi connectivity index (χ0) is 20.3. The van der Waals surface area contributed by atoms with Gasteiger partial charge < -0.3 is 4.90 Å². The zero-order valence-corrected chi connectivity index (χ0v) is 17.9. The molecule has 2 heterocycles. The van der Waals surface area contributed by atoms with E-state index in [4.69, 9.17) is 0 Å². The molecule has 0 N–H and O–H groups in total. The van der Waals surface area contributed by atoms with Crippen LogP contribution in [-0.2, 0) is 14.6 Å². The van der Waals surface area contributed by atoms with Crippen LogP contribution in [0.2, 0.25) is 0 Å². The van der Waals surface area contributed by atoms with Gasteiger partial charge in [-0.25, -0.2) is 8.42 Å². The molecule has 1 fully saturated rings. The maximum Gasteiger partial charge on any atom is 0.233 e. The van der Waals surface area contributed by atoms with E-state index >= 15 is 0 Å². The number of tetrazole rings is 1. The molecule has 0 bridgehead atoms. The molecular weight excluding hydrogens is 398 g/mol. The Morgan fingerprint density at radius 1 is 1.39 bits per heavy atom. The first-order chi connectivity index (χ1) is 13.3. The van der Waals surface area contributed by atoms with Crippen LogP contribution in [0.4, 0.5) is 0 Å². The number of sulfone groups is 1. The Labute approximate surface area is 169 Å². The summed E-state index contributed by atoms with van der Waals surface area (Å²) in [7, 11) is -3.06. The molecule has 2 aromatic rings. The summed E-state index contributed by atoms with van der Waals surface area (Å²) in [5.74, 6) is 0.277. The van der Waals surface area contributed by atoms with Crippen molar-refractivity contribution in [2.45, 2.75) is 50.9 Å². The quantitative estimate of drug-likeness (QED) is 0.627. The van der Waals surface area contributed by atoms with Crippen molar-refractivity contribution in [1.82, 2.24) is 25.1 Å². The van der Waals surface area contributed by atoms with Gasteiger partial charge >= 0.3 is 0 Å². The minimum atomic E-state index is -3.06. The van der Waals surface area contributed by atoms with Crippen LogP contribution in [0.5, 0.6) is 0 Å². The molecule has 0 aliphatic carbocycles. The van der Waals surface area contributed by atoms with Crippen LogP contribution in [0.25, 0.3) is 5.69 Å². The van der Waals surface area contributed by atoms with Gasteiger partial charge in [0.05, 0.1) is 22.9 Å². The molecule has 28 heavy (non-hydrogen) atoms. The maximum absolute atomic E-state index is 13.0. The molecule has 0 unspecified atom stereocenters.